The van der Waals surface area contributed by atoms with Crippen LogP contribution in [-0.4, -0.2) is 54.8 Å². The molecule has 3 N–H and O–H groups in total. The Morgan fingerprint density at radius 3 is 2.44 bits per heavy atom. The van der Waals surface area contributed by atoms with Crippen LogP contribution in [0.2, 0.25) is 10.0 Å². The van der Waals surface area contributed by atoms with E-state index in [4.69, 9.17) is 33.7 Å². The molecule has 146 valence electrons. The Hall–Kier alpha value is -2.32. The molecule has 1 aromatic rings. The van der Waals surface area contributed by atoms with Crippen LogP contribution in [0.5, 0.6) is 0 Å². The summed E-state index contributed by atoms with van der Waals surface area (Å²) in [6.45, 7) is -0.0714. The van der Waals surface area contributed by atoms with Gasteiger partial charge in [-0.1, -0.05) is 23.2 Å². The van der Waals surface area contributed by atoms with Crippen molar-refractivity contribution in [3.8, 4) is 0 Å². The molecule has 27 heavy (non-hydrogen) atoms. The molecule has 0 radical (unpaired) electrons. The summed E-state index contributed by atoms with van der Waals surface area (Å²) >= 11 is 11.7. The van der Waals surface area contributed by atoms with Gasteiger partial charge in [-0.15, -0.1) is 0 Å². The van der Waals surface area contributed by atoms with E-state index in [0.29, 0.717) is 31.0 Å². The van der Waals surface area contributed by atoms with Crippen LogP contribution in [0.25, 0.3) is 0 Å². The Balaban J connectivity index is 1.72. The maximum Gasteiger partial charge on any atom is 0.325 e. The maximum atomic E-state index is 12.0. The highest BCUT2D eigenvalue weighted by Crippen LogP contribution is 2.20. The molecule has 0 spiro atoms. The van der Waals surface area contributed by atoms with Gasteiger partial charge < -0.3 is 20.7 Å². The number of halogens is 2. The second-order valence-electron chi connectivity index (χ2n) is 6.02. The van der Waals surface area contributed by atoms with E-state index >= 15 is 0 Å². The van der Waals surface area contributed by atoms with Gasteiger partial charge in [0, 0.05) is 24.0 Å². The van der Waals surface area contributed by atoms with E-state index in [1.807, 2.05) is 0 Å². The van der Waals surface area contributed by atoms with Crippen LogP contribution in [0.3, 0.4) is 0 Å². The molecule has 1 saturated heterocycles. The zero-order valence-electron chi connectivity index (χ0n) is 14.4. The number of hydrogen-bond acceptors (Lipinski definition) is 5. The molecule has 1 fully saturated rings. The number of carbonyl (C=O) groups is 4. The first-order valence-corrected chi connectivity index (χ1v) is 8.99. The van der Waals surface area contributed by atoms with Crippen LogP contribution >= 0.6 is 23.2 Å². The third-order valence-electron chi connectivity index (χ3n) is 4.18. The number of benzene rings is 1. The number of carbonyl (C=O) groups excluding carboxylic acids is 4. The standard InChI is InChI=1S/C17H19Cl2N3O5/c18-11-1-2-12(13(19)7-11)17(26)21-8-15(24)27-9-14(23)22-5-3-10(4-6-22)16(20)25/h1-2,7,10H,3-6,8-9H2,(H2,20,25)(H,21,26). The van der Waals surface area contributed by atoms with Crippen molar-refractivity contribution in [3.63, 3.8) is 0 Å². The van der Waals surface area contributed by atoms with Gasteiger partial charge >= 0.3 is 5.97 Å². The molecule has 1 aromatic carbocycles. The fraction of sp³-hybridized carbons (Fsp3) is 0.412. The lowest BCUT2D eigenvalue weighted by Crippen LogP contribution is -2.43. The van der Waals surface area contributed by atoms with Gasteiger partial charge in [0.1, 0.15) is 6.54 Å². The summed E-state index contributed by atoms with van der Waals surface area (Å²) in [6.07, 6.45) is 0.986. The number of esters is 1. The minimum atomic E-state index is -0.756. The lowest BCUT2D eigenvalue weighted by Gasteiger charge is -2.30. The second-order valence-corrected chi connectivity index (χ2v) is 6.87. The largest absolute Gasteiger partial charge is 0.454 e. The Labute approximate surface area is 165 Å². The van der Waals surface area contributed by atoms with Gasteiger partial charge in [-0.05, 0) is 31.0 Å². The summed E-state index contributed by atoms with van der Waals surface area (Å²) in [5.74, 6) is -2.28. The zero-order valence-corrected chi connectivity index (χ0v) is 15.9. The van der Waals surface area contributed by atoms with Gasteiger partial charge in [-0.3, -0.25) is 19.2 Å². The van der Waals surface area contributed by atoms with Crippen molar-refractivity contribution >= 4 is 46.9 Å². The van der Waals surface area contributed by atoms with Crippen LogP contribution in [0.1, 0.15) is 23.2 Å². The smallest absolute Gasteiger partial charge is 0.325 e. The van der Waals surface area contributed by atoms with Crippen LogP contribution in [0.4, 0.5) is 0 Å². The molecule has 1 aliphatic rings. The molecule has 0 saturated carbocycles. The summed E-state index contributed by atoms with van der Waals surface area (Å²) in [5, 5.41) is 2.90. The number of likely N-dealkylation sites (tertiary alicyclic amines) is 1. The Kier molecular flexibility index (Phi) is 7.44. The summed E-state index contributed by atoms with van der Waals surface area (Å²) in [5.41, 5.74) is 5.41. The highest BCUT2D eigenvalue weighted by atomic mass is 35.5. The van der Waals surface area contributed by atoms with Gasteiger partial charge in [-0.25, -0.2) is 0 Å². The van der Waals surface area contributed by atoms with Gasteiger partial charge in [-0.2, -0.15) is 0 Å². The number of amides is 3. The van der Waals surface area contributed by atoms with E-state index in [2.05, 4.69) is 5.32 Å². The summed E-state index contributed by atoms with van der Waals surface area (Å²) in [7, 11) is 0. The molecule has 0 atom stereocenters. The molecule has 10 heteroatoms. The molecule has 8 nitrogen and oxygen atoms in total. The molecular weight excluding hydrogens is 397 g/mol. The number of nitrogens with two attached hydrogens (primary N) is 1. The first-order chi connectivity index (χ1) is 12.8. The van der Waals surface area contributed by atoms with Crippen molar-refractivity contribution in [1.82, 2.24) is 10.2 Å². The summed E-state index contributed by atoms with van der Waals surface area (Å²) in [4.78, 5) is 48.4. The predicted octanol–water partition coefficient (Wildman–Crippen LogP) is 0.990. The van der Waals surface area contributed by atoms with E-state index < -0.39 is 25.0 Å². The minimum absolute atomic E-state index is 0.155. The lowest BCUT2D eigenvalue weighted by atomic mass is 9.96. The average molecular weight is 416 g/mol. The zero-order chi connectivity index (χ0) is 20.0. The molecule has 2 rings (SSSR count). The van der Waals surface area contributed by atoms with Gasteiger partial charge in [0.25, 0.3) is 11.8 Å². The van der Waals surface area contributed by atoms with Crippen molar-refractivity contribution in [2.24, 2.45) is 11.7 Å². The van der Waals surface area contributed by atoms with Crippen LogP contribution < -0.4 is 11.1 Å². The number of nitrogens with one attached hydrogen (secondary N) is 1. The first-order valence-electron chi connectivity index (χ1n) is 8.24. The molecule has 0 aromatic heterocycles. The second kappa shape index (κ2) is 9.57. The predicted molar refractivity (Wildman–Crippen MR) is 98.3 cm³/mol. The fourth-order valence-corrected chi connectivity index (χ4v) is 3.11. The highest BCUT2D eigenvalue weighted by Gasteiger charge is 2.26. The van der Waals surface area contributed by atoms with Crippen molar-refractivity contribution in [3.05, 3.63) is 33.8 Å². The van der Waals surface area contributed by atoms with E-state index in [0.717, 1.165) is 0 Å². The summed E-state index contributed by atoms with van der Waals surface area (Å²) < 4.78 is 4.88. The van der Waals surface area contributed by atoms with Crippen molar-refractivity contribution in [2.45, 2.75) is 12.8 Å². The summed E-state index contributed by atoms with van der Waals surface area (Å²) in [6, 6.07) is 4.35. The SMILES string of the molecule is NC(=O)C1CCN(C(=O)COC(=O)CNC(=O)c2ccc(Cl)cc2Cl)CC1. The third kappa shape index (κ3) is 6.11. The van der Waals surface area contributed by atoms with Crippen molar-refractivity contribution < 1.29 is 23.9 Å². The van der Waals surface area contributed by atoms with E-state index in [1.165, 1.54) is 23.1 Å². The lowest BCUT2D eigenvalue weighted by molar-refractivity contribution is -0.151. The number of ether oxygens (including phenoxy) is 1. The monoisotopic (exact) mass is 415 g/mol. The molecule has 0 aliphatic carbocycles. The van der Waals surface area contributed by atoms with Crippen molar-refractivity contribution in [1.29, 1.82) is 0 Å². The molecule has 3 amide bonds. The molecule has 1 heterocycles. The van der Waals surface area contributed by atoms with Crippen LogP contribution in [0, 0.1) is 5.92 Å². The number of rotatable bonds is 6. The fourth-order valence-electron chi connectivity index (χ4n) is 2.62. The quantitative estimate of drug-likeness (QED) is 0.671. The Morgan fingerprint density at radius 2 is 1.85 bits per heavy atom. The normalized spacial score (nSPS) is 14.5. The number of primary amides is 1. The van der Waals surface area contributed by atoms with Crippen LogP contribution in [0.15, 0.2) is 18.2 Å². The Morgan fingerprint density at radius 1 is 1.19 bits per heavy atom. The van der Waals surface area contributed by atoms with Gasteiger partial charge in [0.15, 0.2) is 6.61 Å². The van der Waals surface area contributed by atoms with E-state index in [9.17, 15) is 19.2 Å². The van der Waals surface area contributed by atoms with Gasteiger partial charge in [0.2, 0.25) is 5.91 Å². The van der Waals surface area contributed by atoms with Crippen LogP contribution in [-0.2, 0) is 19.1 Å². The molecule has 1 aliphatic heterocycles. The third-order valence-corrected chi connectivity index (χ3v) is 4.72. The van der Waals surface area contributed by atoms with E-state index in [-0.39, 0.29) is 28.3 Å². The highest BCUT2D eigenvalue weighted by molar-refractivity contribution is 6.36. The number of nitrogens with zero attached hydrogens (tertiary/aromatic N) is 1. The number of hydrogen-bond donors (Lipinski definition) is 2. The first kappa shape index (κ1) is 21.0. The minimum Gasteiger partial charge on any atom is -0.454 e. The molecular formula is C17H19Cl2N3O5. The number of piperidine rings is 1. The average Bonchev–Trinajstić information content (AvgIpc) is 2.64. The van der Waals surface area contributed by atoms with Crippen molar-refractivity contribution in [2.75, 3.05) is 26.2 Å². The molecule has 0 unspecified atom stereocenters. The van der Waals surface area contributed by atoms with Gasteiger partial charge in [0.05, 0.1) is 10.6 Å². The Bertz CT molecular complexity index is 748. The van der Waals surface area contributed by atoms with E-state index in [1.54, 1.807) is 0 Å². The topological polar surface area (TPSA) is 119 Å². The molecule has 0 bridgehead atoms. The maximum absolute atomic E-state index is 12.0.